The van der Waals surface area contributed by atoms with Crippen LogP contribution in [0.15, 0.2) is 12.1 Å². The molecule has 0 fully saturated rings. The maximum Gasteiger partial charge on any atom is 0.231 e. The van der Waals surface area contributed by atoms with Gasteiger partial charge < -0.3 is 19.9 Å². The number of hydrogen-bond donors (Lipinski definition) is 1. The van der Waals surface area contributed by atoms with Crippen molar-refractivity contribution < 1.29 is 14.2 Å². The molecule has 1 aromatic carbocycles. The van der Waals surface area contributed by atoms with Gasteiger partial charge in [-0.2, -0.15) is 0 Å². The number of benzene rings is 1. The Morgan fingerprint density at radius 1 is 1.24 bits per heavy atom. The van der Waals surface area contributed by atoms with Gasteiger partial charge in [0.05, 0.1) is 6.61 Å². The van der Waals surface area contributed by atoms with Crippen LogP contribution in [-0.2, 0) is 6.42 Å². The van der Waals surface area contributed by atoms with Gasteiger partial charge in [0, 0.05) is 6.07 Å². The van der Waals surface area contributed by atoms with Crippen LogP contribution in [0.4, 0.5) is 0 Å². The van der Waals surface area contributed by atoms with E-state index in [4.69, 9.17) is 19.9 Å². The third-order valence-corrected chi connectivity index (χ3v) is 3.99. The van der Waals surface area contributed by atoms with Crippen molar-refractivity contribution in [1.29, 1.82) is 0 Å². The molecular formula is C17H27NO3. The van der Waals surface area contributed by atoms with Crippen LogP contribution in [0.3, 0.4) is 0 Å². The summed E-state index contributed by atoms with van der Waals surface area (Å²) in [5.41, 5.74) is 6.80. The summed E-state index contributed by atoms with van der Waals surface area (Å²) >= 11 is 0. The summed E-state index contributed by atoms with van der Waals surface area (Å²) in [5, 5.41) is 0. The normalized spacial score (nSPS) is 14.2. The molecule has 0 radical (unpaired) electrons. The standard InChI is InChI=1S/C17H27NO3/c1-3-5-6-13(4-2)11-19-15-10-17-16(20-12-21-17)9-14(15)7-8-18/h9-10,13H,3-8,11-12,18H2,1-2H3. The van der Waals surface area contributed by atoms with Gasteiger partial charge in [-0.25, -0.2) is 0 Å². The van der Waals surface area contributed by atoms with Crippen molar-refractivity contribution in [2.45, 2.75) is 46.0 Å². The number of fused-ring (bicyclic) bond motifs is 1. The number of hydrogen-bond acceptors (Lipinski definition) is 4. The Morgan fingerprint density at radius 3 is 2.67 bits per heavy atom. The number of unbranched alkanes of at least 4 members (excludes halogenated alkanes) is 1. The minimum atomic E-state index is 0.287. The van der Waals surface area contributed by atoms with E-state index in [1.807, 2.05) is 12.1 Å². The van der Waals surface area contributed by atoms with E-state index in [0.29, 0.717) is 12.5 Å². The highest BCUT2D eigenvalue weighted by atomic mass is 16.7. The van der Waals surface area contributed by atoms with Gasteiger partial charge in [-0.3, -0.25) is 0 Å². The van der Waals surface area contributed by atoms with Crippen molar-refractivity contribution in [2.75, 3.05) is 19.9 Å². The molecule has 0 saturated heterocycles. The summed E-state index contributed by atoms with van der Waals surface area (Å²) in [6.45, 7) is 6.10. The molecule has 2 rings (SSSR count). The monoisotopic (exact) mass is 293 g/mol. The van der Waals surface area contributed by atoms with Crippen molar-refractivity contribution in [1.82, 2.24) is 0 Å². The Kier molecular flexibility index (Phi) is 6.18. The summed E-state index contributed by atoms with van der Waals surface area (Å²) in [6.07, 6.45) is 5.66. The van der Waals surface area contributed by atoms with Gasteiger partial charge in [-0.1, -0.05) is 33.1 Å². The van der Waals surface area contributed by atoms with Crippen molar-refractivity contribution in [3.05, 3.63) is 17.7 Å². The highest BCUT2D eigenvalue weighted by Crippen LogP contribution is 2.38. The van der Waals surface area contributed by atoms with Gasteiger partial charge in [0.15, 0.2) is 11.5 Å². The number of ether oxygens (including phenoxy) is 3. The molecule has 1 aliphatic rings. The molecule has 0 aromatic heterocycles. The highest BCUT2D eigenvalue weighted by molar-refractivity contribution is 5.52. The van der Waals surface area contributed by atoms with Crippen LogP contribution in [0.5, 0.6) is 17.2 Å². The Bertz CT molecular complexity index is 448. The predicted molar refractivity (Wildman–Crippen MR) is 84.1 cm³/mol. The van der Waals surface area contributed by atoms with Crippen molar-refractivity contribution in [3.8, 4) is 17.2 Å². The minimum absolute atomic E-state index is 0.287. The summed E-state index contributed by atoms with van der Waals surface area (Å²) in [5.74, 6) is 3.07. The van der Waals surface area contributed by atoms with E-state index in [2.05, 4.69) is 13.8 Å². The van der Waals surface area contributed by atoms with Crippen LogP contribution in [-0.4, -0.2) is 19.9 Å². The fourth-order valence-corrected chi connectivity index (χ4v) is 2.56. The van der Waals surface area contributed by atoms with Gasteiger partial charge in [0.1, 0.15) is 5.75 Å². The third-order valence-electron chi connectivity index (χ3n) is 3.99. The van der Waals surface area contributed by atoms with Gasteiger partial charge in [-0.15, -0.1) is 0 Å². The van der Waals surface area contributed by atoms with Crippen LogP contribution >= 0.6 is 0 Å². The zero-order chi connectivity index (χ0) is 15.1. The first-order chi connectivity index (χ1) is 10.3. The number of rotatable bonds is 9. The lowest BCUT2D eigenvalue weighted by molar-refractivity contribution is 0.173. The van der Waals surface area contributed by atoms with Crippen LogP contribution in [0.1, 0.15) is 45.1 Å². The van der Waals surface area contributed by atoms with Crippen molar-refractivity contribution in [2.24, 2.45) is 11.7 Å². The second kappa shape index (κ2) is 8.13. The van der Waals surface area contributed by atoms with E-state index in [9.17, 15) is 0 Å². The topological polar surface area (TPSA) is 53.7 Å². The van der Waals surface area contributed by atoms with Crippen LogP contribution in [0.25, 0.3) is 0 Å². The quantitative estimate of drug-likeness (QED) is 0.757. The molecule has 2 N–H and O–H groups in total. The van der Waals surface area contributed by atoms with E-state index < -0.39 is 0 Å². The van der Waals surface area contributed by atoms with Gasteiger partial charge in [-0.05, 0) is 36.9 Å². The van der Waals surface area contributed by atoms with Crippen molar-refractivity contribution >= 4 is 0 Å². The van der Waals surface area contributed by atoms with Crippen LogP contribution < -0.4 is 19.9 Å². The van der Waals surface area contributed by atoms with Crippen LogP contribution in [0, 0.1) is 5.92 Å². The molecule has 4 nitrogen and oxygen atoms in total. The Hall–Kier alpha value is -1.42. The summed E-state index contributed by atoms with van der Waals surface area (Å²) in [4.78, 5) is 0. The molecule has 0 saturated carbocycles. The van der Waals surface area contributed by atoms with E-state index in [-0.39, 0.29) is 6.79 Å². The molecule has 0 bridgehead atoms. The molecule has 1 aliphatic heterocycles. The first-order valence-corrected chi connectivity index (χ1v) is 8.03. The molecule has 0 spiro atoms. The van der Waals surface area contributed by atoms with Crippen molar-refractivity contribution in [3.63, 3.8) is 0 Å². The summed E-state index contributed by atoms with van der Waals surface area (Å²) in [6, 6.07) is 3.94. The van der Waals surface area contributed by atoms with E-state index in [1.165, 1.54) is 19.3 Å². The summed E-state index contributed by atoms with van der Waals surface area (Å²) < 4.78 is 16.9. The van der Waals surface area contributed by atoms with E-state index >= 15 is 0 Å². The highest BCUT2D eigenvalue weighted by Gasteiger charge is 2.18. The lowest BCUT2D eigenvalue weighted by Gasteiger charge is -2.18. The van der Waals surface area contributed by atoms with Gasteiger partial charge in [0.2, 0.25) is 6.79 Å². The molecule has 1 aromatic rings. The zero-order valence-electron chi connectivity index (χ0n) is 13.2. The smallest absolute Gasteiger partial charge is 0.231 e. The maximum atomic E-state index is 6.07. The Labute approximate surface area is 127 Å². The average Bonchev–Trinajstić information content (AvgIpc) is 2.95. The SMILES string of the molecule is CCCCC(CC)COc1cc2c(cc1CCN)OCO2. The zero-order valence-corrected chi connectivity index (χ0v) is 13.2. The molecule has 21 heavy (non-hydrogen) atoms. The largest absolute Gasteiger partial charge is 0.493 e. The lowest BCUT2D eigenvalue weighted by Crippen LogP contribution is -2.13. The molecule has 1 heterocycles. The fraction of sp³-hybridized carbons (Fsp3) is 0.647. The molecule has 0 amide bonds. The molecule has 1 unspecified atom stereocenters. The molecule has 1 atom stereocenters. The number of nitrogens with two attached hydrogens (primary N) is 1. The maximum absolute atomic E-state index is 6.07. The molecule has 118 valence electrons. The molecular weight excluding hydrogens is 266 g/mol. The first kappa shape index (κ1) is 16.0. The average molecular weight is 293 g/mol. The van der Waals surface area contributed by atoms with Crippen LogP contribution in [0.2, 0.25) is 0 Å². The van der Waals surface area contributed by atoms with Gasteiger partial charge >= 0.3 is 0 Å². The lowest BCUT2D eigenvalue weighted by atomic mass is 10.0. The second-order valence-corrected chi connectivity index (χ2v) is 5.58. The van der Waals surface area contributed by atoms with Gasteiger partial charge in [0.25, 0.3) is 0 Å². The van der Waals surface area contributed by atoms with E-state index in [1.54, 1.807) is 0 Å². The molecule has 4 heteroatoms. The first-order valence-electron chi connectivity index (χ1n) is 8.03. The Balaban J connectivity index is 2.03. The Morgan fingerprint density at radius 2 is 2.00 bits per heavy atom. The third kappa shape index (κ3) is 4.27. The van der Waals surface area contributed by atoms with E-state index in [0.717, 1.165) is 42.3 Å². The predicted octanol–water partition coefficient (Wildman–Crippen LogP) is 3.51. The minimum Gasteiger partial charge on any atom is -0.493 e. The molecule has 0 aliphatic carbocycles. The second-order valence-electron chi connectivity index (χ2n) is 5.58. The fourth-order valence-electron chi connectivity index (χ4n) is 2.56. The summed E-state index contributed by atoms with van der Waals surface area (Å²) in [7, 11) is 0.